The average molecular weight is 688 g/mol. The van der Waals surface area contributed by atoms with E-state index in [9.17, 15) is 11.0 Å². The van der Waals surface area contributed by atoms with Crippen molar-refractivity contribution in [2.45, 2.75) is 0 Å². The summed E-state index contributed by atoms with van der Waals surface area (Å²) in [5.41, 5.74) is 3.03. The van der Waals surface area contributed by atoms with Crippen molar-refractivity contribution in [3.05, 3.63) is 200 Å². The summed E-state index contributed by atoms with van der Waals surface area (Å²) in [5, 5.41) is 5.49. The molecule has 0 spiro atoms. The largest absolute Gasteiger partial charge is 0.310 e. The summed E-state index contributed by atoms with van der Waals surface area (Å²) in [6.07, 6.45) is 0. The molecule has 0 unspecified atom stereocenters. The van der Waals surface area contributed by atoms with Crippen molar-refractivity contribution in [3.8, 4) is 33.4 Å². The minimum atomic E-state index is -0.384. The van der Waals surface area contributed by atoms with Gasteiger partial charge in [-0.1, -0.05) is 152 Å². The quantitative estimate of drug-likeness (QED) is 0.168. The molecule has 0 aliphatic carbocycles. The van der Waals surface area contributed by atoms with Crippen LogP contribution in [0.1, 0.15) is 11.0 Å². The summed E-state index contributed by atoms with van der Waals surface area (Å²) in [6, 6.07) is 45.3. The van der Waals surface area contributed by atoms with Gasteiger partial charge in [0.15, 0.2) is 0 Å². The Morgan fingerprint density at radius 3 is 1.48 bits per heavy atom. The van der Waals surface area contributed by atoms with Crippen LogP contribution in [-0.2, 0) is 0 Å². The lowest BCUT2D eigenvalue weighted by Gasteiger charge is -2.26. The van der Waals surface area contributed by atoms with Crippen LogP contribution in [0.4, 0.5) is 17.1 Å². The summed E-state index contributed by atoms with van der Waals surface area (Å²) in [7, 11) is 0. The fourth-order valence-electron chi connectivity index (χ4n) is 7.19. The Balaban J connectivity index is 1.26. The van der Waals surface area contributed by atoms with Crippen molar-refractivity contribution < 1.29 is 11.0 Å². The van der Waals surface area contributed by atoms with E-state index in [1.165, 1.54) is 4.90 Å². The highest BCUT2D eigenvalue weighted by atomic mass is 32.1. The third-order valence-electron chi connectivity index (χ3n) is 9.61. The topological polar surface area (TPSA) is 3.24 Å². The third kappa shape index (κ3) is 5.24. The van der Waals surface area contributed by atoms with E-state index in [2.05, 4.69) is 18.2 Å². The molecule has 10 rings (SSSR count). The van der Waals surface area contributed by atoms with Crippen molar-refractivity contribution in [3.63, 3.8) is 0 Å². The third-order valence-corrected chi connectivity index (χ3v) is 10.7. The molecule has 0 aliphatic heterocycles. The van der Waals surface area contributed by atoms with E-state index < -0.39 is 0 Å². The predicted molar refractivity (Wildman–Crippen MR) is 225 cm³/mol. The van der Waals surface area contributed by atoms with Crippen LogP contribution in [0.15, 0.2) is 200 Å². The SMILES string of the molecule is [2H]c1c([2H])c(N(c2cccc(-c3cccc4sc5ccccc5c34)c2)c2c([2H])c([2H])c(-c3cccc4ccccc34)c([2H])c2[2H])c([2H])c([2H])c1-c1cccc2ccccc12. The summed E-state index contributed by atoms with van der Waals surface area (Å²) in [4.78, 5) is 1.39. The molecule has 0 fully saturated rings. The molecule has 52 heavy (non-hydrogen) atoms. The van der Waals surface area contributed by atoms with Gasteiger partial charge in [-0.05, 0) is 103 Å². The lowest BCUT2D eigenvalue weighted by molar-refractivity contribution is 1.28. The van der Waals surface area contributed by atoms with Gasteiger partial charge in [0.2, 0.25) is 0 Å². The Kier molecular flexibility index (Phi) is 5.63. The van der Waals surface area contributed by atoms with Crippen molar-refractivity contribution >= 4 is 70.1 Å². The predicted octanol–water partition coefficient (Wildman–Crippen LogP) is 14.8. The molecule has 0 bridgehead atoms. The van der Waals surface area contributed by atoms with Crippen LogP contribution >= 0.6 is 11.3 Å². The van der Waals surface area contributed by atoms with E-state index in [0.29, 0.717) is 16.8 Å². The van der Waals surface area contributed by atoms with E-state index in [1.807, 2.05) is 115 Å². The number of fused-ring (bicyclic) bond motifs is 5. The molecule has 0 atom stereocenters. The van der Waals surface area contributed by atoms with E-state index in [1.54, 1.807) is 29.5 Å². The zero-order valence-corrected chi connectivity index (χ0v) is 28.6. The van der Waals surface area contributed by atoms with Crippen LogP contribution in [0.3, 0.4) is 0 Å². The maximum Gasteiger partial charge on any atom is 0.0645 e. The summed E-state index contributed by atoms with van der Waals surface area (Å²) < 4.78 is 78.6. The maximum absolute atomic E-state index is 9.62. The second-order valence-electron chi connectivity index (χ2n) is 12.7. The van der Waals surface area contributed by atoms with Crippen LogP contribution in [0.2, 0.25) is 0 Å². The molecular weight excluding hydrogens is 647 g/mol. The van der Waals surface area contributed by atoms with Crippen LogP contribution in [-0.4, -0.2) is 0 Å². The molecule has 1 heterocycles. The Bertz CT molecular complexity index is 3180. The van der Waals surface area contributed by atoms with Gasteiger partial charge in [0.05, 0.1) is 11.0 Å². The van der Waals surface area contributed by atoms with Crippen molar-refractivity contribution in [1.82, 2.24) is 0 Å². The number of anilines is 3. The van der Waals surface area contributed by atoms with Crippen molar-refractivity contribution in [2.75, 3.05) is 4.90 Å². The van der Waals surface area contributed by atoms with Gasteiger partial charge in [0.25, 0.3) is 0 Å². The van der Waals surface area contributed by atoms with Crippen LogP contribution in [0.25, 0.3) is 75.1 Å². The number of thiophene rings is 1. The summed E-state index contributed by atoms with van der Waals surface area (Å²) in [5.74, 6) is 0. The first kappa shape index (κ1) is 23.1. The lowest BCUT2D eigenvalue weighted by atomic mass is 9.97. The number of nitrogens with zero attached hydrogens (tertiary/aromatic N) is 1. The Labute approximate surface area is 318 Å². The van der Waals surface area contributed by atoms with Crippen LogP contribution in [0.5, 0.6) is 0 Å². The second-order valence-corrected chi connectivity index (χ2v) is 13.7. The molecule has 0 radical (unpaired) electrons. The molecule has 0 saturated carbocycles. The maximum atomic E-state index is 9.62. The normalized spacial score (nSPS) is 13.6. The Morgan fingerprint density at radius 1 is 0.365 bits per heavy atom. The monoisotopic (exact) mass is 687 g/mol. The van der Waals surface area contributed by atoms with Gasteiger partial charge in [-0.25, -0.2) is 0 Å². The smallest absolute Gasteiger partial charge is 0.0645 e. The zero-order chi connectivity index (χ0) is 41.4. The highest BCUT2D eigenvalue weighted by Crippen LogP contribution is 2.43. The molecule has 1 nitrogen and oxygen atoms in total. The van der Waals surface area contributed by atoms with Gasteiger partial charge in [-0.2, -0.15) is 0 Å². The minimum Gasteiger partial charge on any atom is -0.310 e. The minimum absolute atomic E-state index is 0.126. The molecule has 1 aromatic heterocycles. The van der Waals surface area contributed by atoms with E-state index >= 15 is 0 Å². The summed E-state index contributed by atoms with van der Waals surface area (Å²) >= 11 is 1.70. The van der Waals surface area contributed by atoms with Gasteiger partial charge in [0, 0.05) is 37.2 Å². The fourth-order valence-corrected chi connectivity index (χ4v) is 8.32. The fraction of sp³-hybridized carbons (Fsp3) is 0. The van der Waals surface area contributed by atoms with Crippen LogP contribution < -0.4 is 4.90 Å². The molecule has 0 N–H and O–H groups in total. The zero-order valence-electron chi connectivity index (χ0n) is 35.8. The van der Waals surface area contributed by atoms with Gasteiger partial charge in [-0.15, -0.1) is 11.3 Å². The molecule has 244 valence electrons. The molecular formula is C50H33NS. The number of hydrogen-bond acceptors (Lipinski definition) is 2. The first-order valence-electron chi connectivity index (χ1n) is 21.1. The number of rotatable bonds is 6. The summed E-state index contributed by atoms with van der Waals surface area (Å²) in [6.45, 7) is 0. The van der Waals surface area contributed by atoms with E-state index in [0.717, 1.165) is 52.8 Å². The second kappa shape index (κ2) is 12.7. The highest BCUT2D eigenvalue weighted by Gasteiger charge is 2.17. The molecule has 2 heteroatoms. The molecule has 0 aliphatic rings. The van der Waals surface area contributed by atoms with Crippen molar-refractivity contribution in [2.24, 2.45) is 0 Å². The molecule has 10 aromatic rings. The van der Waals surface area contributed by atoms with Gasteiger partial charge in [-0.3, -0.25) is 0 Å². The standard InChI is InChI=1S/C50H33NS/c1-3-17-42-34(11-1)13-8-20-44(42)36-25-29-39(30-26-36)51(40-31-27-37(28-32-40)45-21-9-14-35-12-2-4-18-43(35)45)41-16-7-15-38(33-41)46-22-10-24-49-50(46)47-19-5-6-23-48(47)52-49/h1-33H/i25D,26D,27D,28D,29D,30D,31D,32D. The average Bonchev–Trinajstić information content (AvgIpc) is 3.67. The lowest BCUT2D eigenvalue weighted by Crippen LogP contribution is -2.10. The number of benzene rings is 9. The molecule has 9 aromatic carbocycles. The van der Waals surface area contributed by atoms with Crippen molar-refractivity contribution in [1.29, 1.82) is 0 Å². The van der Waals surface area contributed by atoms with Gasteiger partial charge in [0.1, 0.15) is 0 Å². The number of hydrogen-bond donors (Lipinski definition) is 0. The first-order chi connectivity index (χ1) is 29.1. The van der Waals surface area contributed by atoms with E-state index in [4.69, 9.17) is 0 Å². The Hall–Kier alpha value is -6.48. The van der Waals surface area contributed by atoms with E-state index in [-0.39, 0.29) is 70.8 Å². The van der Waals surface area contributed by atoms with Gasteiger partial charge >= 0.3 is 0 Å². The van der Waals surface area contributed by atoms with Crippen LogP contribution in [0, 0.1) is 0 Å². The first-order valence-corrected chi connectivity index (χ1v) is 17.9. The molecule has 0 saturated heterocycles. The Morgan fingerprint density at radius 2 is 0.846 bits per heavy atom. The van der Waals surface area contributed by atoms with Gasteiger partial charge < -0.3 is 4.90 Å². The molecule has 0 amide bonds. The highest BCUT2D eigenvalue weighted by molar-refractivity contribution is 7.25.